The van der Waals surface area contributed by atoms with Crippen LogP contribution >= 0.6 is 0 Å². The van der Waals surface area contributed by atoms with Crippen molar-refractivity contribution >= 4 is 33.2 Å². The van der Waals surface area contributed by atoms with Crippen molar-refractivity contribution in [1.29, 1.82) is 0 Å². The van der Waals surface area contributed by atoms with Crippen molar-refractivity contribution in [2.24, 2.45) is 10.2 Å². The standard InChI is InChI=1S/C28H20N6O2/c35-25-13-11-21(27-20(25)7-5-9-26(27)36)33-32-18-10-12-24-23(16-18)31-28(22-8-2-4-15-30-22)34(24)17-19-6-1-3-14-29-19/h1-16,35-36H,17H2/b33-32+. The SMILES string of the molecule is Oc1ccc(/N=N/c2ccc3c(c2)nc(-c2ccccn2)n3Cc2ccccn2)c2c(O)cccc12. The van der Waals surface area contributed by atoms with Crippen LogP contribution in [0.5, 0.6) is 11.5 Å². The zero-order chi connectivity index (χ0) is 24.5. The lowest BCUT2D eigenvalue weighted by molar-refractivity contribution is 0.475. The minimum absolute atomic E-state index is 0.0288. The maximum atomic E-state index is 10.3. The number of rotatable bonds is 5. The molecule has 0 amide bonds. The fourth-order valence-electron chi connectivity index (χ4n) is 4.23. The van der Waals surface area contributed by atoms with E-state index in [9.17, 15) is 10.2 Å². The molecule has 0 radical (unpaired) electrons. The number of nitrogens with zero attached hydrogens (tertiary/aromatic N) is 6. The number of fused-ring (bicyclic) bond motifs is 2. The predicted octanol–water partition coefficient (Wildman–Crippen LogP) is 6.52. The Labute approximate surface area is 205 Å². The fourth-order valence-corrected chi connectivity index (χ4v) is 4.23. The molecule has 174 valence electrons. The lowest BCUT2D eigenvalue weighted by Crippen LogP contribution is -2.04. The summed E-state index contributed by atoms with van der Waals surface area (Å²) in [7, 11) is 0. The highest BCUT2D eigenvalue weighted by Crippen LogP contribution is 2.39. The van der Waals surface area contributed by atoms with Gasteiger partial charge >= 0.3 is 0 Å². The number of azo groups is 1. The van der Waals surface area contributed by atoms with Crippen LogP contribution in [0.4, 0.5) is 11.4 Å². The largest absolute Gasteiger partial charge is 0.507 e. The van der Waals surface area contributed by atoms with Crippen molar-refractivity contribution in [3.8, 4) is 23.0 Å². The van der Waals surface area contributed by atoms with Crippen molar-refractivity contribution in [3.63, 3.8) is 0 Å². The summed E-state index contributed by atoms with van der Waals surface area (Å²) in [6.07, 6.45) is 3.52. The summed E-state index contributed by atoms with van der Waals surface area (Å²) in [5.74, 6) is 0.836. The van der Waals surface area contributed by atoms with Crippen molar-refractivity contribution in [2.45, 2.75) is 6.54 Å². The number of benzene rings is 3. The Hall–Kier alpha value is -5.11. The maximum Gasteiger partial charge on any atom is 0.160 e. The van der Waals surface area contributed by atoms with Crippen LogP contribution in [-0.2, 0) is 6.54 Å². The van der Waals surface area contributed by atoms with Crippen LogP contribution in [0.2, 0.25) is 0 Å². The second kappa shape index (κ2) is 8.92. The summed E-state index contributed by atoms with van der Waals surface area (Å²) >= 11 is 0. The molecule has 6 rings (SSSR count). The molecule has 3 aromatic heterocycles. The van der Waals surface area contributed by atoms with E-state index < -0.39 is 0 Å². The highest BCUT2D eigenvalue weighted by molar-refractivity contribution is 6.00. The Morgan fingerprint density at radius 1 is 0.750 bits per heavy atom. The highest BCUT2D eigenvalue weighted by Gasteiger charge is 2.15. The molecular formula is C28H20N6O2. The molecule has 2 N–H and O–H groups in total. The molecular weight excluding hydrogens is 452 g/mol. The van der Waals surface area contributed by atoms with Gasteiger partial charge in [-0.1, -0.05) is 24.3 Å². The van der Waals surface area contributed by atoms with Crippen molar-refractivity contribution in [3.05, 3.63) is 103 Å². The van der Waals surface area contributed by atoms with Crippen LogP contribution in [-0.4, -0.2) is 29.7 Å². The second-order valence-corrected chi connectivity index (χ2v) is 8.23. The lowest BCUT2D eigenvalue weighted by Gasteiger charge is -2.08. The third-order valence-corrected chi connectivity index (χ3v) is 5.92. The van der Waals surface area contributed by atoms with Crippen LogP contribution in [0.25, 0.3) is 33.3 Å². The third kappa shape index (κ3) is 3.90. The molecule has 3 heterocycles. The summed E-state index contributed by atoms with van der Waals surface area (Å²) in [5.41, 5.74) is 4.41. The van der Waals surface area contributed by atoms with Crippen LogP contribution in [0, 0.1) is 0 Å². The minimum atomic E-state index is 0.0288. The summed E-state index contributed by atoms with van der Waals surface area (Å²) in [5, 5.41) is 30.2. The van der Waals surface area contributed by atoms with Gasteiger partial charge in [-0.15, -0.1) is 5.11 Å². The van der Waals surface area contributed by atoms with Gasteiger partial charge in [-0.3, -0.25) is 9.97 Å². The van der Waals surface area contributed by atoms with Gasteiger partial charge in [-0.25, -0.2) is 4.98 Å². The lowest BCUT2D eigenvalue weighted by atomic mass is 10.1. The molecule has 8 nitrogen and oxygen atoms in total. The maximum absolute atomic E-state index is 10.3. The number of phenolic OH excluding ortho intramolecular Hbond substituents is 2. The van der Waals surface area contributed by atoms with E-state index in [0.29, 0.717) is 28.7 Å². The van der Waals surface area contributed by atoms with E-state index in [2.05, 4.69) is 24.8 Å². The third-order valence-electron chi connectivity index (χ3n) is 5.92. The molecule has 36 heavy (non-hydrogen) atoms. The van der Waals surface area contributed by atoms with Crippen LogP contribution < -0.4 is 0 Å². The number of hydrogen-bond acceptors (Lipinski definition) is 7. The molecule has 0 saturated heterocycles. The Balaban J connectivity index is 1.43. The first kappa shape index (κ1) is 21.4. The van der Waals surface area contributed by atoms with E-state index in [1.165, 1.54) is 6.07 Å². The smallest absolute Gasteiger partial charge is 0.160 e. The van der Waals surface area contributed by atoms with E-state index in [4.69, 9.17) is 4.98 Å². The van der Waals surface area contributed by atoms with E-state index in [1.54, 1.807) is 36.7 Å². The van der Waals surface area contributed by atoms with Crippen LogP contribution in [0.3, 0.4) is 0 Å². The molecule has 0 saturated carbocycles. The van der Waals surface area contributed by atoms with Gasteiger partial charge in [0.05, 0.1) is 40.0 Å². The van der Waals surface area contributed by atoms with Crippen molar-refractivity contribution in [2.75, 3.05) is 0 Å². The summed E-state index contributed by atoms with van der Waals surface area (Å²) in [4.78, 5) is 13.8. The first-order valence-electron chi connectivity index (χ1n) is 11.3. The van der Waals surface area contributed by atoms with E-state index in [1.807, 2.05) is 54.6 Å². The van der Waals surface area contributed by atoms with Gasteiger partial charge in [0.25, 0.3) is 0 Å². The molecule has 0 aliphatic rings. The Kier molecular flexibility index (Phi) is 5.31. The molecule has 0 bridgehead atoms. The number of aromatic nitrogens is 4. The van der Waals surface area contributed by atoms with Crippen LogP contribution in [0.1, 0.15) is 5.69 Å². The fraction of sp³-hybridized carbons (Fsp3) is 0.0357. The van der Waals surface area contributed by atoms with Crippen LogP contribution in [0.15, 0.2) is 108 Å². The number of imidazole rings is 1. The highest BCUT2D eigenvalue weighted by atomic mass is 16.3. The summed E-state index contributed by atoms with van der Waals surface area (Å²) < 4.78 is 2.09. The second-order valence-electron chi connectivity index (χ2n) is 8.23. The van der Waals surface area contributed by atoms with Gasteiger partial charge in [0.15, 0.2) is 5.82 Å². The Bertz CT molecular complexity index is 1730. The summed E-state index contributed by atoms with van der Waals surface area (Å²) in [6, 6.07) is 25.4. The van der Waals surface area contributed by atoms with Gasteiger partial charge < -0.3 is 14.8 Å². The van der Waals surface area contributed by atoms with Gasteiger partial charge in [-0.05, 0) is 60.7 Å². The molecule has 0 fully saturated rings. The molecule has 3 aromatic carbocycles. The van der Waals surface area contributed by atoms with Gasteiger partial charge in [0.1, 0.15) is 17.2 Å². The van der Waals surface area contributed by atoms with Gasteiger partial charge in [0.2, 0.25) is 0 Å². The average Bonchev–Trinajstić information content (AvgIpc) is 3.27. The minimum Gasteiger partial charge on any atom is -0.507 e. The van der Waals surface area contributed by atoms with E-state index in [0.717, 1.165) is 28.2 Å². The number of hydrogen-bond donors (Lipinski definition) is 2. The quantitative estimate of drug-likeness (QED) is 0.278. The Morgan fingerprint density at radius 3 is 2.42 bits per heavy atom. The van der Waals surface area contributed by atoms with Crippen molar-refractivity contribution < 1.29 is 10.2 Å². The first-order valence-corrected chi connectivity index (χ1v) is 11.3. The molecule has 0 unspecified atom stereocenters. The molecule has 0 aliphatic carbocycles. The molecule has 0 atom stereocenters. The Morgan fingerprint density at radius 2 is 1.61 bits per heavy atom. The molecule has 0 spiro atoms. The first-order chi connectivity index (χ1) is 17.7. The van der Waals surface area contributed by atoms with Crippen molar-refractivity contribution in [1.82, 2.24) is 19.5 Å². The number of phenols is 2. The zero-order valence-corrected chi connectivity index (χ0v) is 19.0. The normalized spacial score (nSPS) is 11.6. The zero-order valence-electron chi connectivity index (χ0n) is 19.0. The number of pyridine rings is 2. The molecule has 8 heteroatoms. The summed E-state index contributed by atoms with van der Waals surface area (Å²) in [6.45, 7) is 0.545. The van der Waals surface area contributed by atoms with E-state index in [-0.39, 0.29) is 11.5 Å². The van der Waals surface area contributed by atoms with E-state index >= 15 is 0 Å². The van der Waals surface area contributed by atoms with Gasteiger partial charge in [0, 0.05) is 17.8 Å². The van der Waals surface area contributed by atoms with Gasteiger partial charge in [-0.2, -0.15) is 5.11 Å². The predicted molar refractivity (Wildman–Crippen MR) is 138 cm³/mol. The average molecular weight is 473 g/mol. The topological polar surface area (TPSA) is 109 Å². The monoisotopic (exact) mass is 472 g/mol. The molecule has 0 aliphatic heterocycles. The number of aromatic hydroxyl groups is 2. The molecule has 6 aromatic rings.